The van der Waals surface area contributed by atoms with Gasteiger partial charge < -0.3 is 4.90 Å². The highest BCUT2D eigenvalue weighted by atomic mass is 32.2. The first kappa shape index (κ1) is 18.4. The molecular weight excluding hydrogens is 288 g/mol. The molecule has 1 aliphatic heterocycles. The number of hydrogen-bond donors (Lipinski definition) is 1. The second-order valence-corrected chi connectivity index (χ2v) is 8.23. The van der Waals surface area contributed by atoms with Gasteiger partial charge in [-0.1, -0.05) is 27.2 Å². The van der Waals surface area contributed by atoms with Crippen LogP contribution in [0.25, 0.3) is 0 Å². The molecule has 0 bridgehead atoms. The third-order valence-corrected chi connectivity index (χ3v) is 5.23. The lowest BCUT2D eigenvalue weighted by Gasteiger charge is -2.31. The van der Waals surface area contributed by atoms with Crippen LogP contribution in [0.2, 0.25) is 0 Å². The summed E-state index contributed by atoms with van der Waals surface area (Å²) in [6.07, 6.45) is 5.20. The number of unbranched alkanes of at least 4 members (excludes halogenated alkanes) is 1. The summed E-state index contributed by atoms with van der Waals surface area (Å²) in [6.45, 7) is 7.49. The summed E-state index contributed by atoms with van der Waals surface area (Å²) in [5.74, 6) is 0.326. The maximum Gasteiger partial charge on any atom is 0.240 e. The molecule has 0 aromatic rings. The van der Waals surface area contributed by atoms with E-state index in [4.69, 9.17) is 0 Å². The molecule has 0 saturated carbocycles. The molecule has 1 amide bonds. The van der Waals surface area contributed by atoms with Crippen LogP contribution in [0, 0.1) is 5.92 Å². The second kappa shape index (κ2) is 8.73. The van der Waals surface area contributed by atoms with Crippen LogP contribution in [-0.2, 0) is 14.8 Å². The topological polar surface area (TPSA) is 66.5 Å². The number of carbonyl (C=O) groups excluding carboxylic acids is 1. The van der Waals surface area contributed by atoms with E-state index in [1.54, 1.807) is 0 Å². The molecule has 1 atom stereocenters. The molecule has 5 nitrogen and oxygen atoms in total. The zero-order valence-corrected chi connectivity index (χ0v) is 14.4. The summed E-state index contributed by atoms with van der Waals surface area (Å²) >= 11 is 0. The highest BCUT2D eigenvalue weighted by Crippen LogP contribution is 2.14. The Hall–Kier alpha value is -0.620. The minimum Gasteiger partial charge on any atom is -0.341 e. The Morgan fingerprint density at radius 1 is 1.19 bits per heavy atom. The highest BCUT2D eigenvalue weighted by Gasteiger charge is 2.29. The van der Waals surface area contributed by atoms with E-state index in [9.17, 15) is 13.2 Å². The van der Waals surface area contributed by atoms with E-state index in [1.165, 1.54) is 0 Å². The SMILES string of the molecule is CCCCS(=O)(=O)N[C@H](CC(C)C)C(=O)N1CCCCC1. The molecule has 0 aromatic carbocycles. The quantitative estimate of drug-likeness (QED) is 0.745. The molecule has 0 radical (unpaired) electrons. The number of hydrogen-bond acceptors (Lipinski definition) is 3. The Morgan fingerprint density at radius 3 is 2.33 bits per heavy atom. The maximum absolute atomic E-state index is 12.6. The summed E-state index contributed by atoms with van der Waals surface area (Å²) in [5, 5.41) is 0. The predicted octanol–water partition coefficient (Wildman–Crippen LogP) is 2.13. The van der Waals surface area contributed by atoms with E-state index in [1.807, 2.05) is 25.7 Å². The molecule has 124 valence electrons. The van der Waals surface area contributed by atoms with Crippen LogP contribution in [0.3, 0.4) is 0 Å². The highest BCUT2D eigenvalue weighted by molar-refractivity contribution is 7.89. The van der Waals surface area contributed by atoms with Gasteiger partial charge in [0.2, 0.25) is 15.9 Å². The molecular formula is C15H30N2O3S. The predicted molar refractivity (Wildman–Crippen MR) is 85.5 cm³/mol. The van der Waals surface area contributed by atoms with E-state index >= 15 is 0 Å². The van der Waals surface area contributed by atoms with Gasteiger partial charge in [0.25, 0.3) is 0 Å². The third-order valence-electron chi connectivity index (χ3n) is 3.76. The molecule has 0 aromatic heterocycles. The van der Waals surface area contributed by atoms with E-state index < -0.39 is 16.1 Å². The fourth-order valence-electron chi connectivity index (χ4n) is 2.62. The number of amides is 1. The Bertz CT molecular complexity index is 415. The number of nitrogens with one attached hydrogen (secondary N) is 1. The van der Waals surface area contributed by atoms with Gasteiger partial charge in [0.05, 0.1) is 5.75 Å². The Labute approximate surface area is 129 Å². The molecule has 0 aliphatic carbocycles. The van der Waals surface area contributed by atoms with Gasteiger partial charge in [0.1, 0.15) is 6.04 Å². The Balaban J connectivity index is 2.72. The summed E-state index contributed by atoms with van der Waals surface area (Å²) in [4.78, 5) is 14.4. The first-order chi connectivity index (χ1) is 9.85. The number of rotatable bonds is 8. The van der Waals surface area contributed by atoms with E-state index in [0.717, 1.165) is 38.8 Å². The van der Waals surface area contributed by atoms with Crippen molar-refractivity contribution < 1.29 is 13.2 Å². The van der Waals surface area contributed by atoms with Crippen molar-refractivity contribution >= 4 is 15.9 Å². The minimum atomic E-state index is -3.37. The van der Waals surface area contributed by atoms with Crippen molar-refractivity contribution in [2.75, 3.05) is 18.8 Å². The number of piperidine rings is 1. The van der Waals surface area contributed by atoms with Crippen LogP contribution in [-0.4, -0.2) is 44.1 Å². The van der Waals surface area contributed by atoms with Crippen molar-refractivity contribution in [2.24, 2.45) is 5.92 Å². The third kappa shape index (κ3) is 6.78. The molecule has 21 heavy (non-hydrogen) atoms. The van der Waals surface area contributed by atoms with Gasteiger partial charge in [-0.15, -0.1) is 0 Å². The standard InChI is InChI=1S/C15H30N2O3S/c1-4-5-11-21(19,20)16-14(12-13(2)3)15(18)17-9-7-6-8-10-17/h13-14,16H,4-12H2,1-3H3/t14-/m1/s1. The van der Waals surface area contributed by atoms with Gasteiger partial charge in [-0.25, -0.2) is 13.1 Å². The van der Waals surface area contributed by atoms with Gasteiger partial charge in [-0.2, -0.15) is 0 Å². The van der Waals surface area contributed by atoms with E-state index in [0.29, 0.717) is 12.8 Å². The molecule has 1 heterocycles. The smallest absolute Gasteiger partial charge is 0.240 e. The monoisotopic (exact) mass is 318 g/mol. The van der Waals surface area contributed by atoms with E-state index in [2.05, 4.69) is 4.72 Å². The van der Waals surface area contributed by atoms with Gasteiger partial charge in [-0.3, -0.25) is 4.79 Å². The van der Waals surface area contributed by atoms with Crippen LogP contribution in [0.1, 0.15) is 59.3 Å². The lowest BCUT2D eigenvalue weighted by atomic mass is 10.0. The fourth-order valence-corrected chi connectivity index (χ4v) is 4.03. The molecule has 6 heteroatoms. The lowest BCUT2D eigenvalue weighted by Crippen LogP contribution is -2.50. The van der Waals surface area contributed by atoms with Crippen molar-refractivity contribution in [1.29, 1.82) is 0 Å². The zero-order valence-electron chi connectivity index (χ0n) is 13.6. The van der Waals surface area contributed by atoms with Crippen molar-refractivity contribution in [2.45, 2.75) is 65.3 Å². The normalized spacial score (nSPS) is 18.0. The fraction of sp³-hybridized carbons (Fsp3) is 0.933. The molecule has 0 spiro atoms. The molecule has 0 unspecified atom stereocenters. The maximum atomic E-state index is 12.6. The molecule has 1 fully saturated rings. The van der Waals surface area contributed by atoms with Gasteiger partial charge >= 0.3 is 0 Å². The van der Waals surface area contributed by atoms with Gasteiger partial charge in [-0.05, 0) is 38.0 Å². The summed E-state index contributed by atoms with van der Waals surface area (Å²) in [7, 11) is -3.37. The number of nitrogens with zero attached hydrogens (tertiary/aromatic N) is 1. The van der Waals surface area contributed by atoms with Crippen LogP contribution >= 0.6 is 0 Å². The van der Waals surface area contributed by atoms with Crippen molar-refractivity contribution in [3.05, 3.63) is 0 Å². The average Bonchev–Trinajstić information content (AvgIpc) is 2.44. The van der Waals surface area contributed by atoms with E-state index in [-0.39, 0.29) is 17.6 Å². The first-order valence-electron chi connectivity index (χ1n) is 8.14. The molecule has 1 rings (SSSR count). The first-order valence-corrected chi connectivity index (χ1v) is 9.79. The molecule has 1 aliphatic rings. The molecule has 1 N–H and O–H groups in total. The number of sulfonamides is 1. The Morgan fingerprint density at radius 2 is 1.81 bits per heavy atom. The number of carbonyl (C=O) groups is 1. The Kier molecular flexibility index (Phi) is 7.66. The van der Waals surface area contributed by atoms with Crippen LogP contribution in [0.5, 0.6) is 0 Å². The summed E-state index contributed by atoms with van der Waals surface area (Å²) in [5.41, 5.74) is 0. The van der Waals surface area contributed by atoms with Crippen LogP contribution < -0.4 is 4.72 Å². The van der Waals surface area contributed by atoms with Gasteiger partial charge in [0.15, 0.2) is 0 Å². The summed E-state index contributed by atoms with van der Waals surface area (Å²) < 4.78 is 26.8. The minimum absolute atomic E-state index is 0.0523. The zero-order chi connectivity index (χ0) is 15.9. The van der Waals surface area contributed by atoms with Gasteiger partial charge in [0, 0.05) is 13.1 Å². The van der Waals surface area contributed by atoms with Crippen molar-refractivity contribution in [3.8, 4) is 0 Å². The summed E-state index contributed by atoms with van der Waals surface area (Å²) in [6, 6.07) is -0.607. The average molecular weight is 318 g/mol. The second-order valence-electron chi connectivity index (χ2n) is 6.36. The van der Waals surface area contributed by atoms with Crippen molar-refractivity contribution in [3.63, 3.8) is 0 Å². The van der Waals surface area contributed by atoms with Crippen LogP contribution in [0.15, 0.2) is 0 Å². The molecule has 1 saturated heterocycles. The number of likely N-dealkylation sites (tertiary alicyclic amines) is 1. The van der Waals surface area contributed by atoms with Crippen molar-refractivity contribution in [1.82, 2.24) is 9.62 Å². The largest absolute Gasteiger partial charge is 0.341 e. The lowest BCUT2D eigenvalue weighted by molar-refractivity contribution is -0.134. The van der Waals surface area contributed by atoms with Crippen LogP contribution in [0.4, 0.5) is 0 Å².